The van der Waals surface area contributed by atoms with Gasteiger partial charge >= 0.3 is 0 Å². The summed E-state index contributed by atoms with van der Waals surface area (Å²) in [4.78, 5) is 0. The highest BCUT2D eigenvalue weighted by molar-refractivity contribution is 6.32. The van der Waals surface area contributed by atoms with Crippen LogP contribution in [0.25, 0.3) is 0 Å². The molecule has 1 atom stereocenters. The highest BCUT2D eigenvalue weighted by Crippen LogP contribution is 2.65. The number of ether oxygens (including phenoxy) is 2. The van der Waals surface area contributed by atoms with Gasteiger partial charge in [-0.05, 0) is 29.5 Å². The molecule has 1 heterocycles. The van der Waals surface area contributed by atoms with Crippen LogP contribution in [0.3, 0.4) is 0 Å². The van der Waals surface area contributed by atoms with E-state index in [-0.39, 0.29) is 24.2 Å². The molecule has 4 heteroatoms. The molecular weight excluding hydrogens is 240 g/mol. The van der Waals surface area contributed by atoms with Gasteiger partial charge in [-0.3, -0.25) is 0 Å². The van der Waals surface area contributed by atoms with Gasteiger partial charge in [0.15, 0.2) is 11.5 Å². The molecule has 17 heavy (non-hydrogen) atoms. The normalized spacial score (nSPS) is 28.2. The lowest BCUT2D eigenvalue weighted by Gasteiger charge is -2.19. The molecule has 0 amide bonds. The van der Waals surface area contributed by atoms with Gasteiger partial charge in [-0.2, -0.15) is 0 Å². The zero-order valence-electron chi connectivity index (χ0n) is 9.92. The van der Waals surface area contributed by atoms with E-state index in [0.717, 1.165) is 12.0 Å². The van der Waals surface area contributed by atoms with E-state index in [2.05, 4.69) is 13.8 Å². The molecule has 3 nitrogen and oxygen atoms in total. The first-order chi connectivity index (χ1) is 8.00. The average Bonchev–Trinajstić information content (AvgIpc) is 2.65. The number of fused-ring (bicyclic) bond motifs is 1. The lowest BCUT2D eigenvalue weighted by molar-refractivity contribution is 0.174. The first-order valence-corrected chi connectivity index (χ1v) is 6.08. The molecule has 1 N–H and O–H groups in total. The minimum absolute atomic E-state index is 0.110. The molecule has 0 radical (unpaired) electrons. The third-order valence-corrected chi connectivity index (χ3v) is 4.44. The number of aliphatic hydroxyl groups is 1. The summed E-state index contributed by atoms with van der Waals surface area (Å²) in [7, 11) is 0. The van der Waals surface area contributed by atoms with Gasteiger partial charge in [0.05, 0.1) is 11.6 Å². The van der Waals surface area contributed by atoms with Crippen LogP contribution >= 0.6 is 11.6 Å². The third kappa shape index (κ3) is 1.39. The Hall–Kier alpha value is -0.930. The van der Waals surface area contributed by atoms with E-state index in [1.165, 1.54) is 0 Å². The largest absolute Gasteiger partial charge is 0.454 e. The molecular formula is C13H15ClO3. The fraction of sp³-hybridized carbons (Fsp3) is 0.538. The predicted octanol–water partition coefficient (Wildman–Crippen LogP) is 2.73. The van der Waals surface area contributed by atoms with Gasteiger partial charge < -0.3 is 14.6 Å². The van der Waals surface area contributed by atoms with E-state index in [1.54, 1.807) is 0 Å². The van der Waals surface area contributed by atoms with Gasteiger partial charge in [0.25, 0.3) is 0 Å². The third-order valence-electron chi connectivity index (χ3n) is 4.16. The van der Waals surface area contributed by atoms with Gasteiger partial charge in [0.2, 0.25) is 6.79 Å². The maximum Gasteiger partial charge on any atom is 0.231 e. The Balaban J connectivity index is 2.09. The summed E-state index contributed by atoms with van der Waals surface area (Å²) < 4.78 is 10.7. The Morgan fingerprint density at radius 3 is 2.65 bits per heavy atom. The van der Waals surface area contributed by atoms with Crippen molar-refractivity contribution in [1.82, 2.24) is 0 Å². The van der Waals surface area contributed by atoms with Crippen LogP contribution in [0.4, 0.5) is 0 Å². The van der Waals surface area contributed by atoms with Crippen molar-refractivity contribution in [1.29, 1.82) is 0 Å². The number of aliphatic hydroxyl groups excluding tert-OH is 1. The summed E-state index contributed by atoms with van der Waals surface area (Å²) in [5.74, 6) is 1.30. The van der Waals surface area contributed by atoms with E-state index in [4.69, 9.17) is 21.1 Å². The second-order valence-electron chi connectivity index (χ2n) is 5.49. The van der Waals surface area contributed by atoms with Crippen LogP contribution in [0.15, 0.2) is 12.1 Å². The van der Waals surface area contributed by atoms with Crippen LogP contribution in [-0.4, -0.2) is 18.5 Å². The molecule has 0 saturated heterocycles. The van der Waals surface area contributed by atoms with Crippen molar-refractivity contribution in [2.24, 2.45) is 5.41 Å². The van der Waals surface area contributed by atoms with Gasteiger partial charge in [-0.25, -0.2) is 0 Å². The van der Waals surface area contributed by atoms with Crippen LogP contribution < -0.4 is 9.47 Å². The molecule has 92 valence electrons. The second kappa shape index (κ2) is 3.30. The van der Waals surface area contributed by atoms with Crippen LogP contribution in [0, 0.1) is 5.41 Å². The molecule has 1 aliphatic carbocycles. The number of hydrogen-bond acceptors (Lipinski definition) is 3. The van der Waals surface area contributed by atoms with Gasteiger partial charge in [-0.1, -0.05) is 25.4 Å². The molecule has 0 aromatic heterocycles. The molecule has 1 unspecified atom stereocenters. The average molecular weight is 255 g/mol. The number of benzene rings is 1. The van der Waals surface area contributed by atoms with Crippen molar-refractivity contribution in [3.63, 3.8) is 0 Å². The molecule has 1 saturated carbocycles. The van der Waals surface area contributed by atoms with Crippen LogP contribution in [0.5, 0.6) is 11.5 Å². The van der Waals surface area contributed by atoms with Crippen molar-refractivity contribution >= 4 is 11.6 Å². The van der Waals surface area contributed by atoms with E-state index in [9.17, 15) is 5.11 Å². The van der Waals surface area contributed by atoms with Crippen molar-refractivity contribution in [3.05, 3.63) is 22.7 Å². The zero-order chi connectivity index (χ0) is 12.3. The van der Waals surface area contributed by atoms with Crippen LogP contribution in [-0.2, 0) is 5.41 Å². The topological polar surface area (TPSA) is 38.7 Å². The first kappa shape index (κ1) is 11.2. The Morgan fingerprint density at radius 1 is 1.35 bits per heavy atom. The fourth-order valence-electron chi connectivity index (χ4n) is 2.81. The number of hydrogen-bond donors (Lipinski definition) is 1. The Kier molecular flexibility index (Phi) is 2.17. The summed E-state index contributed by atoms with van der Waals surface area (Å²) in [5, 5.41) is 10.2. The summed E-state index contributed by atoms with van der Waals surface area (Å²) in [6.07, 6.45) is 0.965. The number of halogens is 1. The quantitative estimate of drug-likeness (QED) is 0.882. The van der Waals surface area contributed by atoms with Crippen molar-refractivity contribution in [2.45, 2.75) is 25.7 Å². The minimum atomic E-state index is -0.183. The Morgan fingerprint density at radius 2 is 2.06 bits per heavy atom. The maximum atomic E-state index is 9.67. The van der Waals surface area contributed by atoms with Crippen LogP contribution in [0.1, 0.15) is 25.8 Å². The van der Waals surface area contributed by atoms with Gasteiger partial charge in [0.1, 0.15) is 0 Å². The number of rotatable bonds is 2. The van der Waals surface area contributed by atoms with E-state index in [0.29, 0.717) is 16.5 Å². The summed E-state index contributed by atoms with van der Waals surface area (Å²) in [6, 6.07) is 3.83. The van der Waals surface area contributed by atoms with Crippen molar-refractivity contribution < 1.29 is 14.6 Å². The Bertz CT molecular complexity index is 484. The van der Waals surface area contributed by atoms with Crippen LogP contribution in [0.2, 0.25) is 5.02 Å². The smallest absolute Gasteiger partial charge is 0.231 e. The zero-order valence-corrected chi connectivity index (χ0v) is 10.7. The maximum absolute atomic E-state index is 9.67. The van der Waals surface area contributed by atoms with E-state index >= 15 is 0 Å². The minimum Gasteiger partial charge on any atom is -0.454 e. The van der Waals surface area contributed by atoms with Crippen molar-refractivity contribution in [2.75, 3.05) is 13.4 Å². The lowest BCUT2D eigenvalue weighted by Crippen LogP contribution is -2.19. The predicted molar refractivity (Wildman–Crippen MR) is 64.7 cm³/mol. The lowest BCUT2D eigenvalue weighted by atomic mass is 9.88. The monoisotopic (exact) mass is 254 g/mol. The van der Waals surface area contributed by atoms with E-state index < -0.39 is 0 Å². The molecule has 0 bridgehead atoms. The fourth-order valence-corrected chi connectivity index (χ4v) is 3.07. The van der Waals surface area contributed by atoms with E-state index in [1.807, 2.05) is 12.1 Å². The summed E-state index contributed by atoms with van der Waals surface area (Å²) >= 11 is 6.17. The SMILES string of the molecule is CC1(C)CC1(CO)c1cc(Cl)c2c(c1)OCO2. The second-order valence-corrected chi connectivity index (χ2v) is 5.90. The molecule has 1 aromatic carbocycles. The molecule has 0 spiro atoms. The van der Waals surface area contributed by atoms with Crippen molar-refractivity contribution in [3.8, 4) is 11.5 Å². The first-order valence-electron chi connectivity index (χ1n) is 5.71. The highest BCUT2D eigenvalue weighted by atomic mass is 35.5. The molecule has 1 aliphatic heterocycles. The molecule has 1 fully saturated rings. The van der Waals surface area contributed by atoms with Gasteiger partial charge in [0, 0.05) is 5.41 Å². The molecule has 1 aromatic rings. The molecule has 2 aliphatic rings. The highest BCUT2D eigenvalue weighted by Gasteiger charge is 2.61. The summed E-state index contributed by atoms with van der Waals surface area (Å²) in [6.45, 7) is 4.66. The van der Waals surface area contributed by atoms with Gasteiger partial charge in [-0.15, -0.1) is 0 Å². The standard InChI is InChI=1S/C13H15ClO3/c1-12(2)5-13(12,6-15)8-3-9(14)11-10(4-8)16-7-17-11/h3-4,15H,5-7H2,1-2H3. The summed E-state index contributed by atoms with van der Waals surface area (Å²) in [5.41, 5.74) is 0.968. The molecule has 3 rings (SSSR count). The Labute approximate surface area is 105 Å².